The molecule has 0 unspecified atom stereocenters. The Labute approximate surface area is 88.8 Å². The molecule has 0 saturated heterocycles. The minimum absolute atomic E-state index is 0.00452. The molecule has 0 fully saturated rings. The van der Waals surface area contributed by atoms with Crippen LogP contribution in [0, 0.1) is 0 Å². The molecule has 0 aliphatic carbocycles. The monoisotopic (exact) mass is 212 g/mol. The molecule has 0 N–H and O–H groups in total. The summed E-state index contributed by atoms with van der Waals surface area (Å²) in [6.07, 6.45) is 0.925. The number of rotatable bonds is 5. The molecule has 1 aromatic carbocycles. The third kappa shape index (κ3) is 3.48. The topological polar surface area (TPSA) is 26.3 Å². The molecule has 1 aromatic rings. The van der Waals surface area contributed by atoms with E-state index in [0.29, 0.717) is 17.2 Å². The van der Waals surface area contributed by atoms with Gasteiger partial charge in [-0.1, -0.05) is 18.5 Å². The van der Waals surface area contributed by atoms with Gasteiger partial charge in [0, 0.05) is 17.2 Å². The van der Waals surface area contributed by atoms with Gasteiger partial charge >= 0.3 is 0 Å². The molecular weight excluding hydrogens is 200 g/mol. The zero-order chi connectivity index (χ0) is 10.4. The average molecular weight is 213 g/mol. The lowest BCUT2D eigenvalue weighted by Crippen LogP contribution is -2.09. The number of benzene rings is 1. The Hall–Kier alpha value is -0.860. The first kappa shape index (κ1) is 11.2. The summed E-state index contributed by atoms with van der Waals surface area (Å²) in [5, 5.41) is 0.635. The van der Waals surface area contributed by atoms with Crippen LogP contribution in [-0.2, 0) is 4.74 Å². The van der Waals surface area contributed by atoms with Crippen LogP contribution in [0.3, 0.4) is 0 Å². The van der Waals surface area contributed by atoms with E-state index in [1.165, 1.54) is 0 Å². The van der Waals surface area contributed by atoms with Crippen molar-refractivity contribution in [2.75, 3.05) is 13.2 Å². The lowest BCUT2D eigenvalue weighted by Gasteiger charge is -2.01. The maximum absolute atomic E-state index is 11.5. The first-order chi connectivity index (χ1) is 6.74. The Balaban J connectivity index is 2.48. The Morgan fingerprint density at radius 2 is 2.00 bits per heavy atom. The first-order valence-electron chi connectivity index (χ1n) is 4.60. The molecule has 0 aliphatic rings. The van der Waals surface area contributed by atoms with Crippen molar-refractivity contribution in [3.63, 3.8) is 0 Å². The minimum Gasteiger partial charge on any atom is -0.373 e. The molecular formula is C11H13ClO2. The third-order valence-corrected chi connectivity index (χ3v) is 2.00. The van der Waals surface area contributed by atoms with Gasteiger partial charge in [-0.05, 0) is 30.7 Å². The molecule has 2 nitrogen and oxygen atoms in total. The van der Waals surface area contributed by atoms with Gasteiger partial charge in [-0.15, -0.1) is 0 Å². The first-order valence-corrected chi connectivity index (χ1v) is 4.98. The maximum atomic E-state index is 11.5. The maximum Gasteiger partial charge on any atom is 0.188 e. The van der Waals surface area contributed by atoms with Gasteiger partial charge in [-0.3, -0.25) is 4.79 Å². The van der Waals surface area contributed by atoms with Crippen LogP contribution in [0.1, 0.15) is 23.7 Å². The number of halogens is 1. The van der Waals surface area contributed by atoms with Crippen LogP contribution in [0.2, 0.25) is 5.02 Å². The molecule has 0 spiro atoms. The lowest BCUT2D eigenvalue weighted by molar-refractivity contribution is 0.0761. The second-order valence-electron chi connectivity index (χ2n) is 2.98. The van der Waals surface area contributed by atoms with Crippen molar-refractivity contribution in [2.24, 2.45) is 0 Å². The van der Waals surface area contributed by atoms with E-state index in [-0.39, 0.29) is 12.4 Å². The van der Waals surface area contributed by atoms with E-state index in [2.05, 4.69) is 0 Å². The Bertz CT molecular complexity index is 293. The lowest BCUT2D eigenvalue weighted by atomic mass is 10.1. The molecule has 0 amide bonds. The number of ketones is 1. The van der Waals surface area contributed by atoms with Gasteiger partial charge in [0.05, 0.1) is 0 Å². The summed E-state index contributed by atoms with van der Waals surface area (Å²) < 4.78 is 5.15. The second kappa shape index (κ2) is 5.78. The van der Waals surface area contributed by atoms with Gasteiger partial charge in [-0.2, -0.15) is 0 Å². The number of carbonyl (C=O) groups is 1. The Kier molecular flexibility index (Phi) is 4.63. The van der Waals surface area contributed by atoms with E-state index in [9.17, 15) is 4.79 Å². The highest BCUT2D eigenvalue weighted by Gasteiger charge is 2.04. The molecule has 0 atom stereocenters. The molecule has 76 valence electrons. The summed E-state index contributed by atoms with van der Waals surface area (Å²) in [5.74, 6) is -0.00452. The fourth-order valence-electron chi connectivity index (χ4n) is 1.03. The third-order valence-electron chi connectivity index (χ3n) is 1.75. The van der Waals surface area contributed by atoms with Crippen LogP contribution in [-0.4, -0.2) is 19.0 Å². The van der Waals surface area contributed by atoms with Crippen LogP contribution in [0.25, 0.3) is 0 Å². The van der Waals surface area contributed by atoms with Gasteiger partial charge in [0.2, 0.25) is 0 Å². The van der Waals surface area contributed by atoms with Crippen molar-refractivity contribution in [2.45, 2.75) is 13.3 Å². The molecule has 0 aliphatic heterocycles. The van der Waals surface area contributed by atoms with Crippen LogP contribution in [0.15, 0.2) is 24.3 Å². The zero-order valence-corrected chi connectivity index (χ0v) is 8.88. The van der Waals surface area contributed by atoms with Gasteiger partial charge in [0.1, 0.15) is 6.61 Å². The molecule has 14 heavy (non-hydrogen) atoms. The van der Waals surface area contributed by atoms with Crippen molar-refractivity contribution < 1.29 is 9.53 Å². The van der Waals surface area contributed by atoms with E-state index in [4.69, 9.17) is 16.3 Å². The van der Waals surface area contributed by atoms with E-state index < -0.39 is 0 Å². The minimum atomic E-state index is -0.00452. The number of Topliss-reactive ketones (excluding diaryl/α,β-unsaturated/α-hetero) is 1. The predicted octanol–water partition coefficient (Wildman–Crippen LogP) is 2.95. The van der Waals surface area contributed by atoms with Crippen molar-refractivity contribution in [1.29, 1.82) is 0 Å². The summed E-state index contributed by atoms with van der Waals surface area (Å²) in [7, 11) is 0. The van der Waals surface area contributed by atoms with Crippen LogP contribution in [0.5, 0.6) is 0 Å². The van der Waals surface area contributed by atoms with Crippen LogP contribution >= 0.6 is 11.6 Å². The highest BCUT2D eigenvalue weighted by Crippen LogP contribution is 2.09. The Morgan fingerprint density at radius 3 is 2.57 bits per heavy atom. The molecule has 3 heteroatoms. The van der Waals surface area contributed by atoms with E-state index in [1.807, 2.05) is 6.92 Å². The van der Waals surface area contributed by atoms with Crippen molar-refractivity contribution in [1.82, 2.24) is 0 Å². The SMILES string of the molecule is CCCOCC(=O)c1ccc(Cl)cc1. The molecule has 0 heterocycles. The quantitative estimate of drug-likeness (QED) is 0.554. The average Bonchev–Trinajstić information content (AvgIpc) is 2.19. The van der Waals surface area contributed by atoms with Gasteiger partial charge in [-0.25, -0.2) is 0 Å². The van der Waals surface area contributed by atoms with Gasteiger partial charge < -0.3 is 4.74 Å². The zero-order valence-electron chi connectivity index (χ0n) is 8.13. The second-order valence-corrected chi connectivity index (χ2v) is 3.42. The van der Waals surface area contributed by atoms with E-state index in [1.54, 1.807) is 24.3 Å². The smallest absolute Gasteiger partial charge is 0.188 e. The number of hydrogen-bond donors (Lipinski definition) is 0. The van der Waals surface area contributed by atoms with E-state index >= 15 is 0 Å². The highest BCUT2D eigenvalue weighted by atomic mass is 35.5. The molecule has 0 radical (unpaired) electrons. The largest absolute Gasteiger partial charge is 0.373 e. The van der Waals surface area contributed by atoms with Crippen LogP contribution in [0.4, 0.5) is 0 Å². The van der Waals surface area contributed by atoms with Crippen molar-refractivity contribution in [3.05, 3.63) is 34.9 Å². The standard InChI is InChI=1S/C11H13ClO2/c1-2-7-14-8-11(13)9-3-5-10(12)6-4-9/h3-6H,2,7-8H2,1H3. The molecule has 0 aromatic heterocycles. The normalized spacial score (nSPS) is 10.1. The Morgan fingerprint density at radius 1 is 1.36 bits per heavy atom. The van der Waals surface area contributed by atoms with Gasteiger partial charge in [0.25, 0.3) is 0 Å². The van der Waals surface area contributed by atoms with Gasteiger partial charge in [0.15, 0.2) is 5.78 Å². The number of hydrogen-bond acceptors (Lipinski definition) is 2. The summed E-state index contributed by atoms with van der Waals surface area (Å²) in [5.41, 5.74) is 0.644. The van der Waals surface area contributed by atoms with Crippen LogP contribution < -0.4 is 0 Å². The van der Waals surface area contributed by atoms with Crippen molar-refractivity contribution >= 4 is 17.4 Å². The molecule has 1 rings (SSSR count). The summed E-state index contributed by atoms with van der Waals surface area (Å²) in [6, 6.07) is 6.82. The van der Waals surface area contributed by atoms with E-state index in [0.717, 1.165) is 6.42 Å². The highest BCUT2D eigenvalue weighted by molar-refractivity contribution is 6.30. The fraction of sp³-hybridized carbons (Fsp3) is 0.364. The fourth-order valence-corrected chi connectivity index (χ4v) is 1.15. The molecule has 0 bridgehead atoms. The number of ether oxygens (including phenoxy) is 1. The number of carbonyl (C=O) groups excluding carboxylic acids is 1. The van der Waals surface area contributed by atoms with Crippen molar-refractivity contribution in [3.8, 4) is 0 Å². The predicted molar refractivity (Wildman–Crippen MR) is 56.9 cm³/mol. The summed E-state index contributed by atoms with van der Waals surface area (Å²) in [6.45, 7) is 2.78. The molecule has 0 saturated carbocycles. The summed E-state index contributed by atoms with van der Waals surface area (Å²) in [4.78, 5) is 11.5. The summed E-state index contributed by atoms with van der Waals surface area (Å²) >= 11 is 5.70.